The third kappa shape index (κ3) is 2.45. The van der Waals surface area contributed by atoms with E-state index in [0.717, 1.165) is 46.2 Å². The molecular weight excluding hydrogens is 432 g/mol. The average Bonchev–Trinajstić information content (AvgIpc) is 3.12. The molecule has 0 saturated heterocycles. The number of fused-ring (bicyclic) bond motifs is 9. The van der Waals surface area contributed by atoms with Crippen LogP contribution in [0.2, 0.25) is 0 Å². The molecule has 3 heterocycles. The van der Waals surface area contributed by atoms with Gasteiger partial charge in [0.15, 0.2) is 5.60 Å². The minimum atomic E-state index is -0.994. The molecule has 7 rings (SSSR count). The average molecular weight is 454 g/mol. The summed E-state index contributed by atoms with van der Waals surface area (Å²) in [6.07, 6.45) is 1.98. The van der Waals surface area contributed by atoms with E-state index >= 15 is 0 Å². The summed E-state index contributed by atoms with van der Waals surface area (Å²) in [4.78, 5) is 25.1. The second-order valence-corrected chi connectivity index (χ2v) is 9.62. The summed E-state index contributed by atoms with van der Waals surface area (Å²) in [5.41, 5.74) is 4.95. The third-order valence-corrected chi connectivity index (χ3v) is 7.82. The van der Waals surface area contributed by atoms with Gasteiger partial charge in [-0.15, -0.1) is 0 Å². The fraction of sp³-hybridized carbons (Fsp3) is 0.286. The first-order chi connectivity index (χ1) is 16.5. The Morgan fingerprint density at radius 3 is 2.68 bits per heavy atom. The standard InChI is InChI=1S/C28H22O6/c1-14-10-18-15(12-22(14)29)6-8-20-26(18)33-24-13-23-16(7-9-25(30)32-23)11-21(24)28(20)19-5-3-2-4-17(19)27(31)34-28/h2-5,10-13,20,26,29H,6-9H2,1H3. The topological polar surface area (TPSA) is 82.1 Å². The van der Waals surface area contributed by atoms with Gasteiger partial charge in [0.1, 0.15) is 23.4 Å². The third-order valence-electron chi connectivity index (χ3n) is 7.82. The minimum absolute atomic E-state index is 0.145. The van der Waals surface area contributed by atoms with Gasteiger partial charge in [-0.25, -0.2) is 4.79 Å². The van der Waals surface area contributed by atoms with Crippen LogP contribution in [-0.4, -0.2) is 17.0 Å². The Morgan fingerprint density at radius 1 is 0.941 bits per heavy atom. The second kappa shape index (κ2) is 6.63. The fourth-order valence-electron chi connectivity index (χ4n) is 6.23. The Balaban J connectivity index is 1.51. The molecule has 34 heavy (non-hydrogen) atoms. The molecule has 3 atom stereocenters. The Labute approximate surface area is 196 Å². The van der Waals surface area contributed by atoms with Crippen molar-refractivity contribution in [2.75, 3.05) is 0 Å². The van der Waals surface area contributed by atoms with E-state index in [0.29, 0.717) is 29.9 Å². The first-order valence-corrected chi connectivity index (χ1v) is 11.7. The van der Waals surface area contributed by atoms with Gasteiger partial charge in [-0.3, -0.25) is 4.79 Å². The zero-order chi connectivity index (χ0) is 23.2. The van der Waals surface area contributed by atoms with Crippen molar-refractivity contribution in [1.29, 1.82) is 0 Å². The SMILES string of the molecule is Cc1cc2c(cc1O)CCC1C2Oc2cc3c(cc2C12OC(=O)c1ccccc12)CCC(=O)O3. The van der Waals surface area contributed by atoms with Crippen molar-refractivity contribution in [3.63, 3.8) is 0 Å². The molecule has 0 saturated carbocycles. The first kappa shape index (κ1) is 19.6. The van der Waals surface area contributed by atoms with Gasteiger partial charge in [0, 0.05) is 23.1 Å². The number of rotatable bonds is 0. The van der Waals surface area contributed by atoms with Crippen LogP contribution in [0.15, 0.2) is 48.5 Å². The van der Waals surface area contributed by atoms with Crippen LogP contribution in [0.1, 0.15) is 62.7 Å². The van der Waals surface area contributed by atoms with Gasteiger partial charge < -0.3 is 19.3 Å². The number of benzene rings is 3. The van der Waals surface area contributed by atoms with E-state index in [1.807, 2.05) is 49.4 Å². The molecule has 0 aromatic heterocycles. The molecule has 170 valence electrons. The van der Waals surface area contributed by atoms with Crippen LogP contribution in [0.3, 0.4) is 0 Å². The molecule has 6 heteroatoms. The van der Waals surface area contributed by atoms with Crippen molar-refractivity contribution in [3.8, 4) is 17.2 Å². The number of aromatic hydroxyl groups is 1. The summed E-state index contributed by atoms with van der Waals surface area (Å²) < 4.78 is 18.5. The van der Waals surface area contributed by atoms with Gasteiger partial charge in [0.2, 0.25) is 0 Å². The monoisotopic (exact) mass is 454 g/mol. The summed E-state index contributed by atoms with van der Waals surface area (Å²) in [7, 11) is 0. The molecule has 6 nitrogen and oxygen atoms in total. The van der Waals surface area contributed by atoms with Crippen molar-refractivity contribution >= 4 is 11.9 Å². The quantitative estimate of drug-likeness (QED) is 0.393. The number of carbonyl (C=O) groups is 2. The van der Waals surface area contributed by atoms with E-state index < -0.39 is 5.60 Å². The largest absolute Gasteiger partial charge is 0.508 e. The number of esters is 2. The lowest BCUT2D eigenvalue weighted by molar-refractivity contribution is -0.135. The van der Waals surface area contributed by atoms with Crippen molar-refractivity contribution < 1.29 is 28.9 Å². The summed E-state index contributed by atoms with van der Waals surface area (Å²) in [5, 5.41) is 10.3. The van der Waals surface area contributed by atoms with Crippen molar-refractivity contribution in [2.45, 2.75) is 44.3 Å². The number of phenolic OH excluding ortho intramolecular Hbond substituents is 1. The Kier molecular flexibility index (Phi) is 3.83. The van der Waals surface area contributed by atoms with E-state index in [9.17, 15) is 14.7 Å². The van der Waals surface area contributed by atoms with Gasteiger partial charge in [0.25, 0.3) is 0 Å². The maximum atomic E-state index is 13.1. The number of hydrogen-bond donors (Lipinski definition) is 1. The number of phenols is 1. The van der Waals surface area contributed by atoms with Crippen LogP contribution >= 0.6 is 0 Å². The summed E-state index contributed by atoms with van der Waals surface area (Å²) in [6.45, 7) is 1.87. The Bertz CT molecular complexity index is 1420. The minimum Gasteiger partial charge on any atom is -0.508 e. The molecule has 1 spiro atoms. The molecule has 0 fully saturated rings. The van der Waals surface area contributed by atoms with Crippen LogP contribution in [0.5, 0.6) is 17.2 Å². The molecule has 1 aliphatic carbocycles. The normalized spacial score (nSPS) is 25.8. The van der Waals surface area contributed by atoms with Crippen molar-refractivity contribution in [1.82, 2.24) is 0 Å². The molecule has 3 aliphatic heterocycles. The number of ether oxygens (including phenoxy) is 3. The van der Waals surface area contributed by atoms with Gasteiger partial charge in [0.05, 0.1) is 12.0 Å². The highest BCUT2D eigenvalue weighted by molar-refractivity contribution is 5.96. The Hall–Kier alpha value is -3.80. The maximum absolute atomic E-state index is 13.1. The maximum Gasteiger partial charge on any atom is 0.339 e. The molecule has 0 bridgehead atoms. The van der Waals surface area contributed by atoms with Crippen molar-refractivity contribution in [3.05, 3.63) is 87.5 Å². The predicted molar refractivity (Wildman–Crippen MR) is 121 cm³/mol. The van der Waals surface area contributed by atoms with E-state index in [-0.39, 0.29) is 29.7 Å². The fourth-order valence-corrected chi connectivity index (χ4v) is 6.23. The first-order valence-electron chi connectivity index (χ1n) is 11.7. The zero-order valence-corrected chi connectivity index (χ0v) is 18.6. The van der Waals surface area contributed by atoms with Gasteiger partial charge in [-0.1, -0.05) is 18.2 Å². The number of aryl methyl sites for hydroxylation is 3. The van der Waals surface area contributed by atoms with Crippen LogP contribution in [-0.2, 0) is 28.0 Å². The van der Waals surface area contributed by atoms with Gasteiger partial charge in [-0.05, 0) is 72.7 Å². The molecule has 3 aromatic rings. The highest BCUT2D eigenvalue weighted by atomic mass is 16.6. The van der Waals surface area contributed by atoms with Crippen LogP contribution in [0, 0.1) is 12.8 Å². The summed E-state index contributed by atoms with van der Waals surface area (Å²) >= 11 is 0. The lowest BCUT2D eigenvalue weighted by atomic mass is 9.65. The summed E-state index contributed by atoms with van der Waals surface area (Å²) in [6, 6.07) is 15.1. The highest BCUT2D eigenvalue weighted by Crippen LogP contribution is 2.61. The molecule has 0 amide bonds. The van der Waals surface area contributed by atoms with Crippen molar-refractivity contribution in [2.24, 2.45) is 5.92 Å². The predicted octanol–water partition coefficient (Wildman–Crippen LogP) is 4.66. The summed E-state index contributed by atoms with van der Waals surface area (Å²) in [5.74, 6) is 0.577. The molecule has 4 aliphatic rings. The van der Waals surface area contributed by atoms with Crippen LogP contribution < -0.4 is 9.47 Å². The number of carbonyl (C=O) groups excluding carboxylic acids is 2. The smallest absolute Gasteiger partial charge is 0.339 e. The highest BCUT2D eigenvalue weighted by Gasteiger charge is 2.60. The van der Waals surface area contributed by atoms with Crippen LogP contribution in [0.4, 0.5) is 0 Å². The molecular formula is C28H22O6. The zero-order valence-electron chi connectivity index (χ0n) is 18.6. The molecule has 0 radical (unpaired) electrons. The van der Waals surface area contributed by atoms with Gasteiger partial charge >= 0.3 is 11.9 Å². The van der Waals surface area contributed by atoms with E-state index in [2.05, 4.69) is 0 Å². The molecule has 3 aromatic carbocycles. The second-order valence-electron chi connectivity index (χ2n) is 9.62. The van der Waals surface area contributed by atoms with E-state index in [1.165, 1.54) is 0 Å². The Morgan fingerprint density at radius 2 is 1.79 bits per heavy atom. The molecule has 3 unspecified atom stereocenters. The molecule has 1 N–H and O–H groups in total. The van der Waals surface area contributed by atoms with Gasteiger partial charge in [-0.2, -0.15) is 0 Å². The van der Waals surface area contributed by atoms with E-state index in [1.54, 1.807) is 6.07 Å². The lowest BCUT2D eigenvalue weighted by Gasteiger charge is -2.48. The van der Waals surface area contributed by atoms with E-state index in [4.69, 9.17) is 14.2 Å². The van der Waals surface area contributed by atoms with Crippen LogP contribution in [0.25, 0.3) is 0 Å². The lowest BCUT2D eigenvalue weighted by Crippen LogP contribution is -2.47. The number of hydrogen-bond acceptors (Lipinski definition) is 6.